The van der Waals surface area contributed by atoms with Gasteiger partial charge in [-0.3, -0.25) is 4.79 Å². The zero-order chi connectivity index (χ0) is 28.2. The van der Waals surface area contributed by atoms with Crippen molar-refractivity contribution in [1.29, 1.82) is 0 Å². The Balaban J connectivity index is 1.22. The van der Waals surface area contributed by atoms with Crippen LogP contribution in [0, 0.1) is 12.7 Å². The van der Waals surface area contributed by atoms with Crippen LogP contribution in [0.5, 0.6) is 0 Å². The maximum absolute atomic E-state index is 13.8. The largest absolute Gasteiger partial charge is 0.480 e. The number of aromatic nitrogens is 4. The Morgan fingerprint density at radius 1 is 1.10 bits per heavy atom. The summed E-state index contributed by atoms with van der Waals surface area (Å²) in [6.07, 6.45) is 0.537. The maximum Gasteiger partial charge on any atom is 0.326 e. The zero-order valence-electron chi connectivity index (χ0n) is 21.9. The molecule has 11 heteroatoms. The van der Waals surface area contributed by atoms with Crippen molar-refractivity contribution >= 4 is 40.4 Å². The van der Waals surface area contributed by atoms with Gasteiger partial charge < -0.3 is 20.7 Å². The number of H-pyrrole nitrogens is 1. The molecule has 2 aromatic heterocycles. The summed E-state index contributed by atoms with van der Waals surface area (Å²) < 4.78 is 18.2. The second kappa shape index (κ2) is 11.6. The minimum atomic E-state index is -1.15. The monoisotopic (exact) mass is 558 g/mol. The molecule has 9 nitrogen and oxygen atoms in total. The van der Waals surface area contributed by atoms with E-state index in [2.05, 4.69) is 30.0 Å². The second-order valence-electron chi connectivity index (χ2n) is 9.35. The minimum Gasteiger partial charge on any atom is -0.480 e. The normalized spacial score (nSPS) is 11.9. The van der Waals surface area contributed by atoms with E-state index in [4.69, 9.17) is 0 Å². The number of rotatable bonds is 10. The van der Waals surface area contributed by atoms with Gasteiger partial charge >= 0.3 is 5.97 Å². The van der Waals surface area contributed by atoms with Crippen LogP contribution >= 0.6 is 11.5 Å². The summed E-state index contributed by atoms with van der Waals surface area (Å²) in [4.78, 5) is 37.2. The van der Waals surface area contributed by atoms with Gasteiger partial charge in [0.25, 0.3) is 5.91 Å². The first-order valence-corrected chi connectivity index (χ1v) is 13.5. The SMILES string of the molecule is CCc1cc(F)cc(C)c1C(=O)NC(Cc1ccc(-c2nc(CNc3nc4ccccc4[nH]3)ns2)cc1)C(=O)O. The van der Waals surface area contributed by atoms with Gasteiger partial charge in [-0.1, -0.05) is 43.3 Å². The van der Waals surface area contributed by atoms with E-state index in [1.54, 1.807) is 6.92 Å². The van der Waals surface area contributed by atoms with Gasteiger partial charge in [-0.15, -0.1) is 0 Å². The third-order valence-corrected chi connectivity index (χ3v) is 7.31. The third-order valence-electron chi connectivity index (χ3n) is 6.51. The molecular formula is C29H27FN6O3S. The molecule has 5 aromatic rings. The average Bonchev–Trinajstić information content (AvgIpc) is 3.58. The number of carboxylic acid groups (broad SMARTS) is 1. The summed E-state index contributed by atoms with van der Waals surface area (Å²) in [5.74, 6) is -0.842. The number of carbonyl (C=O) groups is 2. The summed E-state index contributed by atoms with van der Waals surface area (Å²) in [5.41, 5.74) is 4.71. The van der Waals surface area contributed by atoms with Crippen LogP contribution in [-0.2, 0) is 24.2 Å². The Morgan fingerprint density at radius 2 is 1.88 bits per heavy atom. The first-order chi connectivity index (χ1) is 19.3. The number of carboxylic acids is 1. The summed E-state index contributed by atoms with van der Waals surface area (Å²) in [6, 6.07) is 16.5. The summed E-state index contributed by atoms with van der Waals surface area (Å²) >= 11 is 1.27. The van der Waals surface area contributed by atoms with Crippen LogP contribution < -0.4 is 10.6 Å². The fraction of sp³-hybridized carbons (Fsp3) is 0.207. The quantitative estimate of drug-likeness (QED) is 0.187. The predicted octanol–water partition coefficient (Wildman–Crippen LogP) is 5.13. The minimum absolute atomic E-state index is 0.0891. The molecule has 1 unspecified atom stereocenters. The number of nitrogens with zero attached hydrogens (tertiary/aromatic N) is 3. The number of hydrogen-bond acceptors (Lipinski definition) is 7. The van der Waals surface area contributed by atoms with Gasteiger partial charge in [-0.2, -0.15) is 4.37 Å². The molecule has 0 fully saturated rings. The Morgan fingerprint density at radius 3 is 2.60 bits per heavy atom. The van der Waals surface area contributed by atoms with Gasteiger partial charge in [0.2, 0.25) is 5.95 Å². The molecule has 3 aromatic carbocycles. The van der Waals surface area contributed by atoms with Gasteiger partial charge in [-0.25, -0.2) is 19.2 Å². The number of imidazole rings is 1. The highest BCUT2D eigenvalue weighted by atomic mass is 32.1. The van der Waals surface area contributed by atoms with Crippen LogP contribution in [0.1, 0.15) is 39.8 Å². The molecule has 0 aliphatic rings. The molecule has 40 heavy (non-hydrogen) atoms. The molecule has 0 aliphatic heterocycles. The van der Waals surface area contributed by atoms with Crippen LogP contribution in [0.15, 0.2) is 60.7 Å². The average molecular weight is 559 g/mol. The zero-order valence-corrected chi connectivity index (χ0v) is 22.7. The molecule has 0 spiro atoms. The van der Waals surface area contributed by atoms with Crippen molar-refractivity contribution in [2.45, 2.75) is 39.3 Å². The number of carbonyl (C=O) groups excluding carboxylic acids is 1. The number of fused-ring (bicyclic) bond motifs is 1. The number of para-hydroxylation sites is 2. The third kappa shape index (κ3) is 5.99. The van der Waals surface area contributed by atoms with Crippen molar-refractivity contribution in [3.63, 3.8) is 0 Å². The first kappa shape index (κ1) is 26.9. The standard InChI is InChI=1S/C29H27FN6O3S/c1-3-18-14-20(30)12-16(2)25(18)26(37)32-23(28(38)39)13-17-8-10-19(11-9-17)27-35-24(36-40-27)15-31-29-33-21-6-4-5-7-22(21)34-29/h4-12,14,23H,3,13,15H2,1-2H3,(H,32,37)(H,38,39)(H2,31,33,34). The second-order valence-corrected chi connectivity index (χ2v) is 10.1. The number of nitrogens with one attached hydrogen (secondary N) is 3. The first-order valence-electron chi connectivity index (χ1n) is 12.7. The molecule has 5 rings (SSSR count). The van der Waals surface area contributed by atoms with E-state index < -0.39 is 23.7 Å². The van der Waals surface area contributed by atoms with Gasteiger partial charge in [0.05, 0.1) is 17.6 Å². The van der Waals surface area contributed by atoms with Gasteiger partial charge in [0, 0.05) is 17.5 Å². The number of aliphatic carboxylic acids is 1. The number of hydrogen-bond donors (Lipinski definition) is 4. The fourth-order valence-corrected chi connectivity index (χ4v) is 5.19. The van der Waals surface area contributed by atoms with Crippen molar-refractivity contribution in [3.05, 3.63) is 94.6 Å². The van der Waals surface area contributed by atoms with Crippen molar-refractivity contribution in [3.8, 4) is 10.6 Å². The molecular weight excluding hydrogens is 531 g/mol. The number of aromatic amines is 1. The molecule has 1 atom stereocenters. The molecule has 204 valence electrons. The molecule has 0 bridgehead atoms. The van der Waals surface area contributed by atoms with E-state index >= 15 is 0 Å². The van der Waals surface area contributed by atoms with Crippen LogP contribution in [0.2, 0.25) is 0 Å². The van der Waals surface area contributed by atoms with Gasteiger partial charge in [0.15, 0.2) is 5.82 Å². The number of benzene rings is 3. The van der Waals surface area contributed by atoms with Crippen LogP contribution in [0.25, 0.3) is 21.6 Å². The van der Waals surface area contributed by atoms with E-state index in [9.17, 15) is 19.1 Å². The summed E-state index contributed by atoms with van der Waals surface area (Å²) in [5, 5.41) is 16.3. The Hall–Kier alpha value is -4.64. The molecule has 1 amide bonds. The molecule has 0 saturated carbocycles. The van der Waals surface area contributed by atoms with E-state index in [1.807, 2.05) is 55.5 Å². The number of anilines is 1. The van der Waals surface area contributed by atoms with Crippen molar-refractivity contribution in [2.75, 3.05) is 5.32 Å². The van der Waals surface area contributed by atoms with E-state index in [0.717, 1.165) is 27.2 Å². The lowest BCUT2D eigenvalue weighted by atomic mass is 9.98. The molecule has 2 heterocycles. The van der Waals surface area contributed by atoms with Crippen molar-refractivity contribution in [2.24, 2.45) is 0 Å². The Labute approximate surface area is 233 Å². The smallest absolute Gasteiger partial charge is 0.326 e. The maximum atomic E-state index is 13.8. The van der Waals surface area contributed by atoms with Crippen LogP contribution in [0.4, 0.5) is 10.3 Å². The molecule has 0 radical (unpaired) electrons. The van der Waals surface area contributed by atoms with Gasteiger partial charge in [-0.05, 0) is 65.8 Å². The van der Waals surface area contributed by atoms with Gasteiger partial charge in [0.1, 0.15) is 16.9 Å². The Bertz CT molecular complexity index is 1650. The highest BCUT2D eigenvalue weighted by Crippen LogP contribution is 2.23. The molecule has 0 aliphatic carbocycles. The van der Waals surface area contributed by atoms with E-state index in [-0.39, 0.29) is 6.42 Å². The lowest BCUT2D eigenvalue weighted by Crippen LogP contribution is -2.42. The molecule has 0 saturated heterocycles. The number of amides is 1. The van der Waals surface area contributed by atoms with Crippen LogP contribution in [-0.4, -0.2) is 42.4 Å². The molecule has 4 N–H and O–H groups in total. The van der Waals surface area contributed by atoms with Crippen molar-refractivity contribution < 1.29 is 19.1 Å². The topological polar surface area (TPSA) is 133 Å². The van der Waals surface area contributed by atoms with E-state index in [1.165, 1.54) is 23.7 Å². The highest BCUT2D eigenvalue weighted by molar-refractivity contribution is 7.09. The summed E-state index contributed by atoms with van der Waals surface area (Å²) in [7, 11) is 0. The summed E-state index contributed by atoms with van der Waals surface area (Å²) in [6.45, 7) is 3.86. The van der Waals surface area contributed by atoms with E-state index in [0.29, 0.717) is 41.4 Å². The predicted molar refractivity (Wildman–Crippen MR) is 152 cm³/mol. The Kier molecular flexibility index (Phi) is 7.83. The lowest BCUT2D eigenvalue weighted by molar-refractivity contribution is -0.139. The fourth-order valence-electron chi connectivity index (χ4n) is 4.51. The number of aryl methyl sites for hydroxylation is 2. The highest BCUT2D eigenvalue weighted by Gasteiger charge is 2.24. The number of halogens is 1. The lowest BCUT2D eigenvalue weighted by Gasteiger charge is -2.17. The van der Waals surface area contributed by atoms with Crippen molar-refractivity contribution in [1.82, 2.24) is 24.6 Å². The van der Waals surface area contributed by atoms with Crippen LogP contribution in [0.3, 0.4) is 0 Å².